The van der Waals surface area contributed by atoms with Gasteiger partial charge in [-0.15, -0.1) is 0 Å². The number of nitrogens with zero attached hydrogens (tertiary/aromatic N) is 2. The molecule has 1 aliphatic rings. The molecule has 6 nitrogen and oxygen atoms in total. The highest BCUT2D eigenvalue weighted by molar-refractivity contribution is 6.33. The predicted octanol–water partition coefficient (Wildman–Crippen LogP) is 3.48. The summed E-state index contributed by atoms with van der Waals surface area (Å²) in [5.41, 5.74) is 2.85. The van der Waals surface area contributed by atoms with Crippen LogP contribution in [0.2, 0.25) is 5.02 Å². The monoisotopic (exact) mass is 398 g/mol. The lowest BCUT2D eigenvalue weighted by Crippen LogP contribution is -2.38. The Kier molecular flexibility index (Phi) is 7.26. The van der Waals surface area contributed by atoms with Gasteiger partial charge in [-0.2, -0.15) is 5.26 Å². The number of hydrogen-bond acceptors (Lipinski definition) is 5. The van der Waals surface area contributed by atoms with Crippen LogP contribution in [-0.4, -0.2) is 43.7 Å². The third kappa shape index (κ3) is 5.70. The molecule has 1 saturated heterocycles. The van der Waals surface area contributed by atoms with Crippen molar-refractivity contribution in [2.45, 2.75) is 13.0 Å². The number of amides is 1. The minimum Gasteiger partial charge on any atom is -0.379 e. The van der Waals surface area contributed by atoms with Crippen molar-refractivity contribution in [2.75, 3.05) is 43.5 Å². The van der Waals surface area contributed by atoms with Crippen LogP contribution in [0.15, 0.2) is 42.5 Å². The maximum absolute atomic E-state index is 12.2. The van der Waals surface area contributed by atoms with Gasteiger partial charge < -0.3 is 15.4 Å². The molecular weight excluding hydrogens is 376 g/mol. The molecule has 0 aromatic heterocycles. The van der Waals surface area contributed by atoms with Crippen molar-refractivity contribution < 1.29 is 9.53 Å². The molecule has 0 radical (unpaired) electrons. The van der Waals surface area contributed by atoms with E-state index in [-0.39, 0.29) is 5.91 Å². The summed E-state index contributed by atoms with van der Waals surface area (Å²) in [6, 6.07) is 15.0. The Hall–Kier alpha value is -2.59. The lowest BCUT2D eigenvalue weighted by molar-refractivity contribution is -0.116. The number of hydrogen-bond donors (Lipinski definition) is 2. The third-order valence-corrected chi connectivity index (χ3v) is 4.89. The Bertz CT molecular complexity index is 860. The molecule has 0 atom stereocenters. The van der Waals surface area contributed by atoms with Crippen LogP contribution in [0.25, 0.3) is 0 Å². The first kappa shape index (κ1) is 20.2. The molecule has 2 aromatic rings. The summed E-state index contributed by atoms with van der Waals surface area (Å²) in [5.74, 6) is -0.00512. The summed E-state index contributed by atoms with van der Waals surface area (Å²) in [5, 5.41) is 15.9. The fourth-order valence-electron chi connectivity index (χ4n) is 3.05. The number of morpholine rings is 1. The van der Waals surface area contributed by atoms with Crippen molar-refractivity contribution in [3.63, 3.8) is 0 Å². The molecule has 2 N–H and O–H groups in total. The number of anilines is 2. The van der Waals surface area contributed by atoms with Crippen molar-refractivity contribution in [1.29, 1.82) is 5.26 Å². The molecule has 0 unspecified atom stereocenters. The summed E-state index contributed by atoms with van der Waals surface area (Å²) in [4.78, 5) is 14.5. The van der Waals surface area contributed by atoms with E-state index in [2.05, 4.69) is 21.6 Å². The van der Waals surface area contributed by atoms with Gasteiger partial charge in [0.1, 0.15) is 6.07 Å². The number of carbonyl (C=O) groups is 1. The molecule has 1 fully saturated rings. The maximum atomic E-state index is 12.2. The van der Waals surface area contributed by atoms with E-state index in [0.717, 1.165) is 44.1 Å². The van der Waals surface area contributed by atoms with E-state index in [1.54, 1.807) is 18.2 Å². The van der Waals surface area contributed by atoms with Crippen LogP contribution in [0.1, 0.15) is 17.5 Å². The lowest BCUT2D eigenvalue weighted by atomic mass is 10.1. The molecule has 1 heterocycles. The summed E-state index contributed by atoms with van der Waals surface area (Å²) in [6.45, 7) is 4.45. The summed E-state index contributed by atoms with van der Waals surface area (Å²) < 4.78 is 5.32. The van der Waals surface area contributed by atoms with Crippen molar-refractivity contribution in [1.82, 2.24) is 4.90 Å². The van der Waals surface area contributed by atoms with Gasteiger partial charge in [0.2, 0.25) is 5.91 Å². The van der Waals surface area contributed by atoms with Crippen LogP contribution >= 0.6 is 11.6 Å². The van der Waals surface area contributed by atoms with Crippen molar-refractivity contribution in [2.24, 2.45) is 0 Å². The standard InChI is InChI=1S/C21H23ClN4O2/c22-19-6-2-4-17(14-23)21(19)24-15-16-3-1-5-18(13-16)25-20(27)7-8-26-9-11-28-12-10-26/h1-6,13,24H,7-12,15H2,(H,25,27). The maximum Gasteiger partial charge on any atom is 0.225 e. The van der Waals surface area contributed by atoms with Gasteiger partial charge >= 0.3 is 0 Å². The van der Waals surface area contributed by atoms with Crippen LogP contribution in [0.3, 0.4) is 0 Å². The molecule has 0 aliphatic carbocycles. The van der Waals surface area contributed by atoms with E-state index in [1.165, 1.54) is 0 Å². The molecule has 2 aromatic carbocycles. The van der Waals surface area contributed by atoms with Gasteiger partial charge in [-0.3, -0.25) is 9.69 Å². The zero-order chi connectivity index (χ0) is 19.8. The Labute approximate surface area is 170 Å². The molecule has 1 aliphatic heterocycles. The van der Waals surface area contributed by atoms with E-state index < -0.39 is 0 Å². The fraction of sp³-hybridized carbons (Fsp3) is 0.333. The Morgan fingerprint density at radius 3 is 2.79 bits per heavy atom. The van der Waals surface area contributed by atoms with Crippen LogP contribution in [0.4, 0.5) is 11.4 Å². The van der Waals surface area contributed by atoms with E-state index in [0.29, 0.717) is 29.2 Å². The topological polar surface area (TPSA) is 77.4 Å². The molecule has 28 heavy (non-hydrogen) atoms. The van der Waals surface area contributed by atoms with Crippen LogP contribution < -0.4 is 10.6 Å². The zero-order valence-electron chi connectivity index (χ0n) is 15.6. The van der Waals surface area contributed by atoms with E-state index in [1.807, 2.05) is 24.3 Å². The molecule has 3 rings (SSSR count). The zero-order valence-corrected chi connectivity index (χ0v) is 16.3. The highest BCUT2D eigenvalue weighted by Gasteiger charge is 2.12. The second kappa shape index (κ2) is 10.1. The van der Waals surface area contributed by atoms with Crippen LogP contribution in [0, 0.1) is 11.3 Å². The number of carbonyl (C=O) groups excluding carboxylic acids is 1. The number of rotatable bonds is 7. The molecule has 0 saturated carbocycles. The van der Waals surface area contributed by atoms with Crippen molar-refractivity contribution >= 4 is 28.9 Å². The molecule has 146 valence electrons. The van der Waals surface area contributed by atoms with Crippen molar-refractivity contribution in [3.8, 4) is 6.07 Å². The van der Waals surface area contributed by atoms with E-state index >= 15 is 0 Å². The Balaban J connectivity index is 1.54. The van der Waals surface area contributed by atoms with Crippen LogP contribution in [0.5, 0.6) is 0 Å². The molecule has 0 bridgehead atoms. The number of benzene rings is 2. The number of nitriles is 1. The van der Waals surface area contributed by atoms with Gasteiger partial charge in [-0.05, 0) is 29.8 Å². The number of nitrogens with one attached hydrogen (secondary N) is 2. The van der Waals surface area contributed by atoms with Crippen molar-refractivity contribution in [3.05, 3.63) is 58.6 Å². The summed E-state index contributed by atoms with van der Waals surface area (Å²) >= 11 is 6.19. The van der Waals surface area contributed by atoms with E-state index in [9.17, 15) is 10.1 Å². The Morgan fingerprint density at radius 2 is 2.00 bits per heavy atom. The van der Waals surface area contributed by atoms with Gasteiger partial charge in [0.25, 0.3) is 0 Å². The minimum atomic E-state index is -0.00512. The van der Waals surface area contributed by atoms with Gasteiger partial charge in [0.15, 0.2) is 0 Å². The smallest absolute Gasteiger partial charge is 0.225 e. The second-order valence-electron chi connectivity index (χ2n) is 6.58. The first-order valence-corrected chi connectivity index (χ1v) is 9.65. The molecule has 0 spiro atoms. The van der Waals surface area contributed by atoms with Gasteiger partial charge in [-0.1, -0.05) is 29.8 Å². The number of ether oxygens (including phenoxy) is 1. The largest absolute Gasteiger partial charge is 0.379 e. The second-order valence-corrected chi connectivity index (χ2v) is 6.99. The SMILES string of the molecule is N#Cc1cccc(Cl)c1NCc1cccc(NC(=O)CCN2CCOCC2)c1. The summed E-state index contributed by atoms with van der Waals surface area (Å²) in [7, 11) is 0. The normalized spacial score (nSPS) is 14.3. The fourth-order valence-corrected chi connectivity index (χ4v) is 3.30. The average Bonchev–Trinajstić information content (AvgIpc) is 2.72. The highest BCUT2D eigenvalue weighted by Crippen LogP contribution is 2.26. The number of para-hydroxylation sites is 1. The van der Waals surface area contributed by atoms with E-state index in [4.69, 9.17) is 16.3 Å². The Morgan fingerprint density at radius 1 is 1.21 bits per heavy atom. The first-order chi connectivity index (χ1) is 13.7. The van der Waals surface area contributed by atoms with Crippen LogP contribution in [-0.2, 0) is 16.1 Å². The minimum absolute atomic E-state index is 0.00512. The highest BCUT2D eigenvalue weighted by atomic mass is 35.5. The average molecular weight is 399 g/mol. The molecular formula is C21H23ClN4O2. The molecule has 1 amide bonds. The summed E-state index contributed by atoms with van der Waals surface area (Å²) in [6.07, 6.45) is 0.452. The lowest BCUT2D eigenvalue weighted by Gasteiger charge is -2.26. The quantitative estimate of drug-likeness (QED) is 0.746. The van der Waals surface area contributed by atoms with Gasteiger partial charge in [0.05, 0.1) is 29.5 Å². The predicted molar refractivity (Wildman–Crippen MR) is 110 cm³/mol. The molecule has 7 heteroatoms. The van der Waals surface area contributed by atoms with Gasteiger partial charge in [-0.25, -0.2) is 0 Å². The number of halogens is 1. The third-order valence-electron chi connectivity index (χ3n) is 4.57. The first-order valence-electron chi connectivity index (χ1n) is 9.27. The van der Waals surface area contributed by atoms with Gasteiger partial charge in [0, 0.05) is 38.3 Å².